The van der Waals surface area contributed by atoms with Crippen molar-refractivity contribution in [2.45, 2.75) is 12.6 Å². The van der Waals surface area contributed by atoms with E-state index in [1.165, 1.54) is 0 Å². The first kappa shape index (κ1) is 11.5. The Morgan fingerprint density at radius 2 is 1.62 bits per heavy atom. The summed E-state index contributed by atoms with van der Waals surface area (Å²) in [6, 6.07) is 0. The summed E-state index contributed by atoms with van der Waals surface area (Å²) in [6.07, 6.45) is -5.48. The van der Waals surface area contributed by atoms with Crippen molar-refractivity contribution in [1.82, 2.24) is 0 Å². The van der Waals surface area contributed by atoms with Crippen LogP contribution in [0.25, 0.3) is 0 Å². The fraction of sp³-hybridized carbons (Fsp3) is 1.00. The average molecular weight is 136 g/mol. The van der Waals surface area contributed by atoms with Crippen molar-refractivity contribution in [3.8, 4) is 0 Å². The Balaban J connectivity index is 0. The third-order valence-corrected chi connectivity index (χ3v) is 0.386. The van der Waals surface area contributed by atoms with Gasteiger partial charge in [-0.25, -0.2) is 0 Å². The molecule has 0 fully saturated rings. The second-order valence-electron chi connectivity index (χ2n) is 1.07. The van der Waals surface area contributed by atoms with Crippen molar-refractivity contribution >= 4 is 0 Å². The van der Waals surface area contributed by atoms with Crippen LogP contribution in [0.5, 0.6) is 0 Å². The first-order valence-corrected chi connectivity index (χ1v) is 1.71. The maximum absolute atomic E-state index is 10.9. The van der Waals surface area contributed by atoms with E-state index < -0.39 is 19.2 Å². The summed E-state index contributed by atoms with van der Waals surface area (Å²) in [7, 11) is 0. The molecule has 0 aliphatic heterocycles. The Hall–Kier alpha value is 0.750. The number of alkyl halides is 3. The average Bonchev–Trinajstić information content (AvgIpc) is 1.30. The van der Waals surface area contributed by atoms with Gasteiger partial charge in [-0.2, -0.15) is 13.2 Å². The van der Waals surface area contributed by atoms with Crippen molar-refractivity contribution in [2.75, 3.05) is 6.61 Å². The van der Waals surface area contributed by atoms with Gasteiger partial charge in [0.05, 0.1) is 0 Å². The molecule has 0 aromatic rings. The summed E-state index contributed by atoms with van der Waals surface area (Å²) in [5.74, 6) is 0. The minimum absolute atomic E-state index is 0. The number of rotatable bonds is 1. The zero-order chi connectivity index (χ0) is 5.91. The predicted molar refractivity (Wildman–Crippen MR) is 15.5 cm³/mol. The molecule has 0 unspecified atom stereocenters. The second-order valence-corrected chi connectivity index (χ2v) is 1.07. The molecule has 0 N–H and O–H groups in total. The molecule has 0 aromatic carbocycles. The normalized spacial score (nSPS) is 10.5. The Morgan fingerprint density at radius 3 is 1.62 bits per heavy atom. The van der Waals surface area contributed by atoms with Crippen molar-refractivity contribution in [2.24, 2.45) is 0 Å². The zero-order valence-corrected chi connectivity index (χ0v) is 6.46. The number of halogens is 3. The van der Waals surface area contributed by atoms with E-state index in [0.717, 1.165) is 0 Å². The molecular formula is C3H4F3NaO. The molecule has 0 rings (SSSR count). The van der Waals surface area contributed by atoms with Gasteiger partial charge >= 0.3 is 35.7 Å². The summed E-state index contributed by atoms with van der Waals surface area (Å²) in [5.41, 5.74) is 0. The third-order valence-electron chi connectivity index (χ3n) is 0.386. The molecule has 0 aromatic heterocycles. The van der Waals surface area contributed by atoms with Crippen molar-refractivity contribution in [3.05, 3.63) is 0 Å². The van der Waals surface area contributed by atoms with Gasteiger partial charge in [0, 0.05) is 6.42 Å². The first-order chi connectivity index (χ1) is 3.06. The summed E-state index contributed by atoms with van der Waals surface area (Å²) < 4.78 is 32.6. The molecule has 0 saturated heterocycles. The van der Waals surface area contributed by atoms with E-state index in [1.54, 1.807) is 0 Å². The fourth-order valence-electron chi connectivity index (χ4n) is 0.116. The van der Waals surface area contributed by atoms with Crippen molar-refractivity contribution in [3.63, 3.8) is 0 Å². The molecule has 0 aliphatic carbocycles. The zero-order valence-electron chi connectivity index (χ0n) is 4.46. The number of hydrogen-bond acceptors (Lipinski definition) is 1. The van der Waals surface area contributed by atoms with Crippen LogP contribution in [0.3, 0.4) is 0 Å². The van der Waals surface area contributed by atoms with Gasteiger partial charge in [0.25, 0.3) is 0 Å². The van der Waals surface area contributed by atoms with E-state index in [9.17, 15) is 18.3 Å². The molecule has 5 heteroatoms. The molecule has 0 atom stereocenters. The van der Waals surface area contributed by atoms with E-state index >= 15 is 0 Å². The summed E-state index contributed by atoms with van der Waals surface area (Å²) in [4.78, 5) is 0. The summed E-state index contributed by atoms with van der Waals surface area (Å²) >= 11 is 0. The van der Waals surface area contributed by atoms with Gasteiger partial charge < -0.3 is 5.11 Å². The molecule has 0 aliphatic rings. The maximum Gasteiger partial charge on any atom is 1.00 e. The quantitative estimate of drug-likeness (QED) is 0.360. The van der Waals surface area contributed by atoms with Crippen molar-refractivity contribution in [1.29, 1.82) is 0 Å². The minimum Gasteiger partial charge on any atom is -0.854 e. The molecule has 0 spiro atoms. The maximum atomic E-state index is 10.9. The molecule has 8 heavy (non-hydrogen) atoms. The van der Waals surface area contributed by atoms with E-state index in [0.29, 0.717) is 0 Å². The Labute approximate surface area is 67.2 Å². The van der Waals surface area contributed by atoms with Gasteiger partial charge in [-0.1, -0.05) is 0 Å². The topological polar surface area (TPSA) is 23.1 Å². The predicted octanol–water partition coefficient (Wildman–Crippen LogP) is -2.70. The fourth-order valence-corrected chi connectivity index (χ4v) is 0.116. The van der Waals surface area contributed by atoms with Gasteiger partial charge in [0.2, 0.25) is 0 Å². The second kappa shape index (κ2) is 4.61. The Morgan fingerprint density at radius 1 is 1.25 bits per heavy atom. The van der Waals surface area contributed by atoms with E-state index in [4.69, 9.17) is 0 Å². The van der Waals surface area contributed by atoms with Crippen LogP contribution < -0.4 is 34.7 Å². The SMILES string of the molecule is [Na+].[O-]CCC(F)(F)F. The number of hydrogen-bond donors (Lipinski definition) is 0. The van der Waals surface area contributed by atoms with E-state index in [2.05, 4.69) is 0 Å². The summed E-state index contributed by atoms with van der Waals surface area (Å²) in [5, 5.41) is 9.23. The molecule has 0 saturated carbocycles. The Bertz CT molecular complexity index is 53.0. The third kappa shape index (κ3) is 9.89. The van der Waals surface area contributed by atoms with Crippen LogP contribution in [-0.4, -0.2) is 12.8 Å². The van der Waals surface area contributed by atoms with Gasteiger partial charge in [-0.15, -0.1) is 6.61 Å². The smallest absolute Gasteiger partial charge is 0.854 e. The van der Waals surface area contributed by atoms with Gasteiger partial charge in [-0.3, -0.25) is 0 Å². The van der Waals surface area contributed by atoms with Gasteiger partial charge in [0.15, 0.2) is 0 Å². The van der Waals surface area contributed by atoms with Crippen LogP contribution in [0, 0.1) is 0 Å². The largest absolute Gasteiger partial charge is 1.00 e. The molecule has 0 heterocycles. The van der Waals surface area contributed by atoms with E-state index in [1.807, 2.05) is 0 Å². The van der Waals surface area contributed by atoms with Crippen LogP contribution in [0.15, 0.2) is 0 Å². The molecule has 0 amide bonds. The standard InChI is InChI=1S/C3H4F3O.Na/c4-3(5,6)1-2-7;/h1-2H2;/q-1;+1. The monoisotopic (exact) mass is 136 g/mol. The van der Waals surface area contributed by atoms with Crippen LogP contribution in [0.4, 0.5) is 13.2 Å². The molecule has 44 valence electrons. The Kier molecular flexibility index (Phi) is 6.65. The summed E-state index contributed by atoms with van der Waals surface area (Å²) in [6.45, 7) is -1.07. The van der Waals surface area contributed by atoms with Crippen LogP contribution >= 0.6 is 0 Å². The van der Waals surface area contributed by atoms with Gasteiger partial charge in [0.1, 0.15) is 0 Å². The van der Waals surface area contributed by atoms with Crippen LogP contribution in [0.1, 0.15) is 6.42 Å². The van der Waals surface area contributed by atoms with Crippen LogP contribution in [-0.2, 0) is 0 Å². The van der Waals surface area contributed by atoms with E-state index in [-0.39, 0.29) is 29.6 Å². The molecular weight excluding hydrogens is 132 g/mol. The molecule has 0 bridgehead atoms. The van der Waals surface area contributed by atoms with Crippen molar-refractivity contribution < 1.29 is 47.8 Å². The molecule has 1 nitrogen and oxygen atoms in total. The van der Waals surface area contributed by atoms with Gasteiger partial charge in [-0.05, 0) is 0 Å². The minimum atomic E-state index is -4.26. The molecule has 0 radical (unpaired) electrons. The first-order valence-electron chi connectivity index (χ1n) is 1.71. The van der Waals surface area contributed by atoms with Crippen LogP contribution in [0.2, 0.25) is 0 Å².